The lowest BCUT2D eigenvalue weighted by molar-refractivity contribution is -0.133. The molecule has 24 heavy (non-hydrogen) atoms. The standard InChI is InChI=1S/C14H19Cl2N3O3S.ClH/c1-10-9-17-7-8-19(10)13(20)5-6-18-23(21,22)14-11(15)3-2-4-12(14)16;/h2-4,10,17-18H,5-9H2,1H3;1H/t10-;/m1./s1. The summed E-state index contributed by atoms with van der Waals surface area (Å²) in [6.45, 7) is 4.07. The number of benzene rings is 1. The van der Waals surface area contributed by atoms with E-state index >= 15 is 0 Å². The van der Waals surface area contributed by atoms with Crippen molar-refractivity contribution in [2.24, 2.45) is 0 Å². The molecule has 2 rings (SSSR count). The van der Waals surface area contributed by atoms with Crippen LogP contribution in [0.4, 0.5) is 0 Å². The Hall–Kier alpha value is -0.570. The smallest absolute Gasteiger partial charge is 0.243 e. The molecule has 0 radical (unpaired) electrons. The van der Waals surface area contributed by atoms with Crippen molar-refractivity contribution in [1.82, 2.24) is 14.9 Å². The maximum atomic E-state index is 12.3. The summed E-state index contributed by atoms with van der Waals surface area (Å²) in [4.78, 5) is 13.8. The molecule has 0 aromatic heterocycles. The summed E-state index contributed by atoms with van der Waals surface area (Å²) in [6.07, 6.45) is 0.0889. The van der Waals surface area contributed by atoms with Crippen molar-refractivity contribution in [2.45, 2.75) is 24.3 Å². The van der Waals surface area contributed by atoms with Gasteiger partial charge in [-0.1, -0.05) is 29.3 Å². The predicted molar refractivity (Wildman–Crippen MR) is 97.6 cm³/mol. The first-order valence-electron chi connectivity index (χ1n) is 7.27. The fourth-order valence-corrected chi connectivity index (χ4v) is 4.63. The van der Waals surface area contributed by atoms with Crippen LogP contribution in [-0.4, -0.2) is 51.4 Å². The van der Waals surface area contributed by atoms with Gasteiger partial charge in [-0.2, -0.15) is 0 Å². The highest BCUT2D eigenvalue weighted by Gasteiger charge is 2.24. The van der Waals surface area contributed by atoms with E-state index in [0.717, 1.165) is 13.1 Å². The number of carbonyl (C=O) groups excluding carboxylic acids is 1. The fourth-order valence-electron chi connectivity index (χ4n) is 2.46. The molecule has 6 nitrogen and oxygen atoms in total. The van der Waals surface area contributed by atoms with Crippen molar-refractivity contribution in [2.75, 3.05) is 26.2 Å². The van der Waals surface area contributed by atoms with Crippen LogP contribution in [0, 0.1) is 0 Å². The van der Waals surface area contributed by atoms with Gasteiger partial charge < -0.3 is 10.2 Å². The third-order valence-corrected chi connectivity index (χ3v) is 6.06. The molecular weight excluding hydrogens is 397 g/mol. The minimum atomic E-state index is -3.86. The van der Waals surface area contributed by atoms with Gasteiger partial charge in [0, 0.05) is 38.6 Å². The van der Waals surface area contributed by atoms with E-state index in [4.69, 9.17) is 23.2 Å². The summed E-state index contributed by atoms with van der Waals surface area (Å²) in [5.74, 6) is -0.0769. The minimum Gasteiger partial charge on any atom is -0.337 e. The van der Waals surface area contributed by atoms with Crippen LogP contribution in [0.3, 0.4) is 0 Å². The molecule has 0 saturated carbocycles. The van der Waals surface area contributed by atoms with Gasteiger partial charge in [-0.3, -0.25) is 4.79 Å². The van der Waals surface area contributed by atoms with E-state index in [-0.39, 0.29) is 52.3 Å². The zero-order chi connectivity index (χ0) is 17.0. The van der Waals surface area contributed by atoms with Gasteiger partial charge in [-0.25, -0.2) is 13.1 Å². The van der Waals surface area contributed by atoms with Crippen LogP contribution in [0.25, 0.3) is 0 Å². The topological polar surface area (TPSA) is 78.5 Å². The van der Waals surface area contributed by atoms with Crippen molar-refractivity contribution in [3.05, 3.63) is 28.2 Å². The number of rotatable bonds is 5. The zero-order valence-corrected chi connectivity index (χ0v) is 16.2. The molecule has 1 aromatic carbocycles. The first-order valence-corrected chi connectivity index (χ1v) is 9.50. The summed E-state index contributed by atoms with van der Waals surface area (Å²) in [6, 6.07) is 4.58. The Morgan fingerprint density at radius 1 is 1.38 bits per heavy atom. The molecule has 1 aromatic rings. The third kappa shape index (κ3) is 5.21. The highest BCUT2D eigenvalue weighted by atomic mass is 35.5. The number of piperazine rings is 1. The Morgan fingerprint density at radius 2 is 2.00 bits per heavy atom. The summed E-state index contributed by atoms with van der Waals surface area (Å²) >= 11 is 11.8. The summed E-state index contributed by atoms with van der Waals surface area (Å²) < 4.78 is 26.9. The predicted octanol–water partition coefficient (Wildman–Crippen LogP) is 1.90. The lowest BCUT2D eigenvalue weighted by atomic mass is 10.2. The van der Waals surface area contributed by atoms with Crippen LogP contribution >= 0.6 is 35.6 Å². The number of hydrogen-bond donors (Lipinski definition) is 2. The molecule has 2 N–H and O–H groups in total. The molecule has 10 heteroatoms. The Balaban J connectivity index is 0.00000288. The third-order valence-electron chi connectivity index (χ3n) is 3.64. The molecule has 136 valence electrons. The molecule has 1 atom stereocenters. The number of carbonyl (C=O) groups is 1. The van der Waals surface area contributed by atoms with Gasteiger partial charge in [0.05, 0.1) is 10.0 Å². The molecule has 0 aliphatic carbocycles. The summed E-state index contributed by atoms with van der Waals surface area (Å²) in [5.41, 5.74) is 0. The lowest BCUT2D eigenvalue weighted by Gasteiger charge is -2.34. The van der Waals surface area contributed by atoms with Gasteiger partial charge in [-0.05, 0) is 19.1 Å². The zero-order valence-electron chi connectivity index (χ0n) is 13.1. The van der Waals surface area contributed by atoms with Crippen molar-refractivity contribution in [3.63, 3.8) is 0 Å². The first kappa shape index (κ1) is 21.5. The van der Waals surface area contributed by atoms with E-state index < -0.39 is 10.0 Å². The Kier molecular flexibility index (Phi) is 8.25. The number of nitrogens with zero attached hydrogens (tertiary/aromatic N) is 1. The van der Waals surface area contributed by atoms with Crippen LogP contribution < -0.4 is 10.0 Å². The maximum Gasteiger partial charge on any atom is 0.243 e. The van der Waals surface area contributed by atoms with Gasteiger partial charge in [0.25, 0.3) is 0 Å². The highest BCUT2D eigenvalue weighted by molar-refractivity contribution is 7.89. The van der Waals surface area contributed by atoms with Crippen LogP contribution in [0.15, 0.2) is 23.1 Å². The van der Waals surface area contributed by atoms with Gasteiger partial charge in [0.15, 0.2) is 0 Å². The molecule has 1 heterocycles. The monoisotopic (exact) mass is 415 g/mol. The highest BCUT2D eigenvalue weighted by Crippen LogP contribution is 2.28. The molecule has 1 fully saturated rings. The second kappa shape index (κ2) is 9.22. The van der Waals surface area contributed by atoms with Crippen molar-refractivity contribution in [1.29, 1.82) is 0 Å². The van der Waals surface area contributed by atoms with Crippen molar-refractivity contribution < 1.29 is 13.2 Å². The molecule has 1 aliphatic heterocycles. The number of halogens is 3. The summed E-state index contributed by atoms with van der Waals surface area (Å²) in [7, 11) is -3.86. The SMILES string of the molecule is C[C@@H]1CNCCN1C(=O)CCNS(=O)(=O)c1c(Cl)cccc1Cl.Cl. The van der Waals surface area contributed by atoms with E-state index in [1.165, 1.54) is 12.1 Å². The lowest BCUT2D eigenvalue weighted by Crippen LogP contribution is -2.52. The van der Waals surface area contributed by atoms with Gasteiger partial charge >= 0.3 is 0 Å². The van der Waals surface area contributed by atoms with Crippen molar-refractivity contribution in [3.8, 4) is 0 Å². The second-order valence-corrected chi connectivity index (χ2v) is 7.86. The number of amides is 1. The van der Waals surface area contributed by atoms with E-state index in [9.17, 15) is 13.2 Å². The molecule has 1 amide bonds. The number of hydrogen-bond acceptors (Lipinski definition) is 4. The molecule has 1 aliphatic rings. The van der Waals surface area contributed by atoms with Crippen LogP contribution in [-0.2, 0) is 14.8 Å². The van der Waals surface area contributed by atoms with E-state index in [1.54, 1.807) is 11.0 Å². The van der Waals surface area contributed by atoms with Gasteiger partial charge in [0.1, 0.15) is 4.90 Å². The Labute approximate surface area is 158 Å². The van der Waals surface area contributed by atoms with Crippen molar-refractivity contribution >= 4 is 51.5 Å². The van der Waals surface area contributed by atoms with Crippen LogP contribution in [0.2, 0.25) is 10.0 Å². The van der Waals surface area contributed by atoms with E-state index in [0.29, 0.717) is 6.54 Å². The molecule has 0 bridgehead atoms. The normalized spacial score (nSPS) is 18.1. The minimum absolute atomic E-state index is 0. The quantitative estimate of drug-likeness (QED) is 0.768. The molecule has 0 unspecified atom stereocenters. The Morgan fingerprint density at radius 3 is 2.58 bits per heavy atom. The average molecular weight is 417 g/mol. The fraction of sp³-hybridized carbons (Fsp3) is 0.500. The van der Waals surface area contributed by atoms with E-state index in [2.05, 4.69) is 10.0 Å². The van der Waals surface area contributed by atoms with E-state index in [1.807, 2.05) is 6.92 Å². The summed E-state index contributed by atoms with van der Waals surface area (Å²) in [5, 5.41) is 3.30. The molecule has 1 saturated heterocycles. The van der Waals surface area contributed by atoms with Crippen LogP contribution in [0.1, 0.15) is 13.3 Å². The average Bonchev–Trinajstić information content (AvgIpc) is 2.46. The van der Waals surface area contributed by atoms with Gasteiger partial charge in [0.2, 0.25) is 15.9 Å². The van der Waals surface area contributed by atoms with Gasteiger partial charge in [-0.15, -0.1) is 12.4 Å². The number of nitrogens with one attached hydrogen (secondary N) is 2. The number of sulfonamides is 1. The second-order valence-electron chi connectivity index (χ2n) is 5.34. The molecule has 0 spiro atoms. The first-order chi connectivity index (χ1) is 10.8. The molecular formula is C14H20Cl3N3O3S. The van der Waals surface area contributed by atoms with Crippen LogP contribution in [0.5, 0.6) is 0 Å². The maximum absolute atomic E-state index is 12.3. The Bertz CT molecular complexity index is 665. The largest absolute Gasteiger partial charge is 0.337 e.